The van der Waals surface area contributed by atoms with E-state index in [0.717, 1.165) is 11.1 Å². The van der Waals surface area contributed by atoms with E-state index in [1.807, 2.05) is 51.1 Å². The Morgan fingerprint density at radius 2 is 1.29 bits per heavy atom. The molecule has 0 unspecified atom stereocenters. The summed E-state index contributed by atoms with van der Waals surface area (Å²) in [6, 6.07) is 9.01. The van der Waals surface area contributed by atoms with E-state index in [-0.39, 0.29) is 16.9 Å². The number of benzene rings is 2. The van der Waals surface area contributed by atoms with E-state index in [4.69, 9.17) is 9.47 Å². The highest BCUT2D eigenvalue weighted by Gasteiger charge is 2.20. The molecule has 2 aromatic rings. The second-order valence-electron chi connectivity index (χ2n) is 6.67. The minimum Gasteiger partial charge on any atom is -0.504 e. The van der Waals surface area contributed by atoms with Crippen molar-refractivity contribution in [3.63, 3.8) is 0 Å². The monoisotopic (exact) mass is 328 g/mol. The first-order valence-corrected chi connectivity index (χ1v) is 7.72. The van der Waals surface area contributed by atoms with Crippen LogP contribution < -0.4 is 9.47 Å². The molecule has 0 saturated heterocycles. The molecule has 0 amide bonds. The van der Waals surface area contributed by atoms with Gasteiger partial charge in [-0.3, -0.25) is 0 Å². The summed E-state index contributed by atoms with van der Waals surface area (Å²) < 4.78 is 10.5. The van der Waals surface area contributed by atoms with E-state index in [2.05, 4.69) is 0 Å². The first-order valence-electron chi connectivity index (χ1n) is 7.72. The zero-order valence-electron chi connectivity index (χ0n) is 14.8. The zero-order valence-corrected chi connectivity index (χ0v) is 14.8. The second kappa shape index (κ2) is 6.87. The van der Waals surface area contributed by atoms with Crippen LogP contribution in [0.5, 0.6) is 23.0 Å². The van der Waals surface area contributed by atoms with Crippen LogP contribution in [0.1, 0.15) is 37.5 Å². The van der Waals surface area contributed by atoms with Crippen LogP contribution in [0.15, 0.2) is 30.3 Å². The first-order chi connectivity index (χ1) is 11.2. The summed E-state index contributed by atoms with van der Waals surface area (Å²) in [6.07, 6.45) is 3.78. The van der Waals surface area contributed by atoms with Gasteiger partial charge in [0.1, 0.15) is 11.5 Å². The average Bonchev–Trinajstić information content (AvgIpc) is 2.54. The Hall–Kier alpha value is -2.62. The lowest BCUT2D eigenvalue weighted by molar-refractivity contribution is 0.389. The predicted molar refractivity (Wildman–Crippen MR) is 96.9 cm³/mol. The van der Waals surface area contributed by atoms with Crippen molar-refractivity contribution in [1.29, 1.82) is 0 Å². The number of phenols is 2. The summed E-state index contributed by atoms with van der Waals surface area (Å²) in [5.74, 6) is 1.23. The largest absolute Gasteiger partial charge is 0.504 e. The molecule has 0 spiro atoms. The fraction of sp³-hybridized carbons (Fsp3) is 0.300. The summed E-state index contributed by atoms with van der Waals surface area (Å²) in [5, 5.41) is 20.1. The number of hydrogen-bond acceptors (Lipinski definition) is 4. The summed E-state index contributed by atoms with van der Waals surface area (Å²) >= 11 is 0. The molecule has 24 heavy (non-hydrogen) atoms. The van der Waals surface area contributed by atoms with E-state index in [9.17, 15) is 10.2 Å². The number of phenolic OH excluding ortho intramolecular Hbond substituents is 2. The molecular weight excluding hydrogens is 304 g/mol. The van der Waals surface area contributed by atoms with Crippen LogP contribution in [-0.4, -0.2) is 24.4 Å². The number of ether oxygens (including phenoxy) is 2. The van der Waals surface area contributed by atoms with Crippen molar-refractivity contribution in [3.05, 3.63) is 47.0 Å². The van der Waals surface area contributed by atoms with Gasteiger partial charge in [-0.2, -0.15) is 0 Å². The quantitative estimate of drug-likeness (QED) is 0.637. The van der Waals surface area contributed by atoms with Crippen molar-refractivity contribution in [1.82, 2.24) is 0 Å². The Kier molecular flexibility index (Phi) is 5.07. The highest BCUT2D eigenvalue weighted by atomic mass is 16.5. The molecule has 2 N–H and O–H groups in total. The molecule has 2 aromatic carbocycles. The van der Waals surface area contributed by atoms with Crippen molar-refractivity contribution < 1.29 is 19.7 Å². The fourth-order valence-corrected chi connectivity index (χ4v) is 2.43. The predicted octanol–water partition coefficient (Wildman–Crippen LogP) is 4.58. The molecule has 4 nitrogen and oxygen atoms in total. The van der Waals surface area contributed by atoms with Crippen molar-refractivity contribution in [2.24, 2.45) is 0 Å². The van der Waals surface area contributed by atoms with Crippen molar-refractivity contribution in [2.75, 3.05) is 14.2 Å². The summed E-state index contributed by atoms with van der Waals surface area (Å²) in [4.78, 5) is 0. The number of rotatable bonds is 4. The minimum absolute atomic E-state index is 0.0669. The third-order valence-corrected chi connectivity index (χ3v) is 3.76. The Balaban J connectivity index is 2.41. The molecule has 0 saturated carbocycles. The van der Waals surface area contributed by atoms with Crippen molar-refractivity contribution >= 4 is 12.2 Å². The van der Waals surface area contributed by atoms with Crippen LogP contribution >= 0.6 is 0 Å². The molecule has 2 rings (SSSR count). The van der Waals surface area contributed by atoms with E-state index in [1.54, 1.807) is 26.4 Å². The molecule has 0 aliphatic heterocycles. The molecule has 0 heterocycles. The Morgan fingerprint density at radius 1 is 0.792 bits per heavy atom. The molecule has 0 aliphatic rings. The fourth-order valence-electron chi connectivity index (χ4n) is 2.43. The van der Waals surface area contributed by atoms with Crippen molar-refractivity contribution in [2.45, 2.75) is 26.2 Å². The van der Waals surface area contributed by atoms with Crippen LogP contribution in [-0.2, 0) is 5.41 Å². The van der Waals surface area contributed by atoms with Crippen LogP contribution in [0.4, 0.5) is 0 Å². The zero-order chi connectivity index (χ0) is 17.9. The topological polar surface area (TPSA) is 58.9 Å². The van der Waals surface area contributed by atoms with Gasteiger partial charge in [0.05, 0.1) is 14.2 Å². The van der Waals surface area contributed by atoms with Crippen LogP contribution in [0, 0.1) is 0 Å². The van der Waals surface area contributed by atoms with Gasteiger partial charge in [0, 0.05) is 11.6 Å². The van der Waals surface area contributed by atoms with Crippen LogP contribution in [0.3, 0.4) is 0 Å². The van der Waals surface area contributed by atoms with Crippen LogP contribution in [0.2, 0.25) is 0 Å². The van der Waals surface area contributed by atoms with Gasteiger partial charge in [0.15, 0.2) is 11.5 Å². The Bertz CT molecular complexity index is 733. The van der Waals surface area contributed by atoms with E-state index < -0.39 is 0 Å². The third kappa shape index (κ3) is 4.02. The highest BCUT2D eigenvalue weighted by molar-refractivity contribution is 5.73. The maximum atomic E-state index is 10.1. The van der Waals surface area contributed by atoms with E-state index >= 15 is 0 Å². The SMILES string of the molecule is COc1cc(C=Cc2cc(O)c(O)c(C(C)(C)C)c2)cc(OC)c1. The average molecular weight is 328 g/mol. The van der Waals surface area contributed by atoms with Gasteiger partial charge >= 0.3 is 0 Å². The normalized spacial score (nSPS) is 11.7. The number of methoxy groups -OCH3 is 2. The summed E-state index contributed by atoms with van der Waals surface area (Å²) in [6.45, 7) is 5.96. The lowest BCUT2D eigenvalue weighted by atomic mass is 9.85. The van der Waals surface area contributed by atoms with Gasteiger partial charge in [0.25, 0.3) is 0 Å². The lowest BCUT2D eigenvalue weighted by Crippen LogP contribution is -2.11. The summed E-state index contributed by atoms with van der Waals surface area (Å²) in [7, 11) is 3.21. The summed E-state index contributed by atoms with van der Waals surface area (Å²) in [5.41, 5.74) is 2.14. The molecule has 0 aromatic heterocycles. The van der Waals surface area contributed by atoms with Gasteiger partial charge in [-0.25, -0.2) is 0 Å². The maximum absolute atomic E-state index is 10.1. The van der Waals surface area contributed by atoms with Gasteiger partial charge in [0.2, 0.25) is 0 Å². The molecule has 0 aliphatic carbocycles. The van der Waals surface area contributed by atoms with Gasteiger partial charge in [-0.1, -0.05) is 32.9 Å². The Labute approximate surface area is 143 Å². The van der Waals surface area contributed by atoms with Gasteiger partial charge in [-0.15, -0.1) is 0 Å². The maximum Gasteiger partial charge on any atom is 0.161 e. The Morgan fingerprint density at radius 3 is 1.75 bits per heavy atom. The first kappa shape index (κ1) is 17.7. The molecule has 0 radical (unpaired) electrons. The van der Waals surface area contributed by atoms with E-state index in [1.165, 1.54) is 0 Å². The minimum atomic E-state index is -0.273. The standard InChI is InChI=1S/C20H24O4/c1-20(2,3)17-10-14(11-18(21)19(17)22)7-6-13-8-15(23-4)12-16(9-13)24-5/h6-12,21-22H,1-5H3. The number of hydrogen-bond donors (Lipinski definition) is 2. The molecule has 0 bridgehead atoms. The third-order valence-electron chi connectivity index (χ3n) is 3.76. The molecular formula is C20H24O4. The number of aromatic hydroxyl groups is 2. The lowest BCUT2D eigenvalue weighted by Gasteiger charge is -2.21. The highest BCUT2D eigenvalue weighted by Crippen LogP contribution is 2.38. The van der Waals surface area contributed by atoms with Gasteiger partial charge in [-0.05, 0) is 40.8 Å². The van der Waals surface area contributed by atoms with Crippen LogP contribution in [0.25, 0.3) is 12.2 Å². The smallest absolute Gasteiger partial charge is 0.161 e. The van der Waals surface area contributed by atoms with E-state index in [0.29, 0.717) is 17.1 Å². The molecule has 128 valence electrons. The second-order valence-corrected chi connectivity index (χ2v) is 6.67. The molecule has 4 heteroatoms. The molecule has 0 fully saturated rings. The van der Waals surface area contributed by atoms with Crippen molar-refractivity contribution in [3.8, 4) is 23.0 Å². The van der Waals surface area contributed by atoms with Gasteiger partial charge < -0.3 is 19.7 Å². The molecule has 0 atom stereocenters.